The van der Waals surface area contributed by atoms with Crippen LogP contribution in [0.2, 0.25) is 5.02 Å². The Morgan fingerprint density at radius 2 is 2.04 bits per heavy atom. The Bertz CT molecular complexity index is 947. The summed E-state index contributed by atoms with van der Waals surface area (Å²) in [5.74, 6) is 0.889. The molecule has 1 amide bonds. The number of aryl methyl sites for hydroxylation is 1. The van der Waals surface area contributed by atoms with Crippen molar-refractivity contribution in [3.63, 3.8) is 0 Å². The lowest BCUT2D eigenvalue weighted by Gasteiger charge is -2.33. The quantitative estimate of drug-likeness (QED) is 0.637. The molecule has 0 aliphatic carbocycles. The van der Waals surface area contributed by atoms with E-state index in [0.717, 1.165) is 16.6 Å². The molecule has 3 aromatic rings. The minimum atomic E-state index is -0.164. The maximum Gasteiger partial charge on any atom is 0.294 e. The summed E-state index contributed by atoms with van der Waals surface area (Å²) in [6, 6.07) is 12.9. The van der Waals surface area contributed by atoms with Crippen LogP contribution in [-0.2, 0) is 0 Å². The molecule has 2 aromatic carbocycles. The number of carbonyl (C=O) groups is 1. The Morgan fingerprint density at radius 3 is 2.88 bits per heavy atom. The van der Waals surface area contributed by atoms with Gasteiger partial charge in [0.1, 0.15) is 17.4 Å². The molecule has 1 atom stereocenters. The van der Waals surface area contributed by atoms with E-state index in [0.29, 0.717) is 28.7 Å². The molecule has 0 spiro atoms. The summed E-state index contributed by atoms with van der Waals surface area (Å²) in [5.41, 5.74) is 2.22. The van der Waals surface area contributed by atoms with Crippen molar-refractivity contribution in [2.75, 3.05) is 11.4 Å². The fraction of sp³-hybridized carbons (Fsp3) is 0.211. The van der Waals surface area contributed by atoms with Gasteiger partial charge in [-0.05, 0) is 44.2 Å². The zero-order valence-corrected chi connectivity index (χ0v) is 14.1. The number of rotatable bonds is 1. The van der Waals surface area contributed by atoms with Gasteiger partial charge in [-0.1, -0.05) is 23.7 Å². The molecule has 1 aliphatic heterocycles. The summed E-state index contributed by atoms with van der Waals surface area (Å²) in [4.78, 5) is 14.8. The molecule has 2 heterocycles. The molecule has 122 valence electrons. The van der Waals surface area contributed by atoms with E-state index < -0.39 is 0 Å². The first-order valence-corrected chi connectivity index (χ1v) is 8.18. The summed E-state index contributed by atoms with van der Waals surface area (Å²) < 4.78 is 11.6. The maximum atomic E-state index is 13.1. The number of halogens is 1. The average molecular weight is 342 g/mol. The van der Waals surface area contributed by atoms with Crippen LogP contribution in [0.4, 0.5) is 5.69 Å². The maximum absolute atomic E-state index is 13.1. The highest BCUT2D eigenvalue weighted by molar-refractivity contribution is 6.31. The predicted molar refractivity (Wildman–Crippen MR) is 94.2 cm³/mol. The molecule has 4 rings (SSSR count). The number of hydrogen-bond donors (Lipinski definition) is 0. The number of nitrogens with zero attached hydrogens (tertiary/aromatic N) is 1. The van der Waals surface area contributed by atoms with Crippen LogP contribution in [0.15, 0.2) is 46.9 Å². The number of fused-ring (bicyclic) bond motifs is 2. The molecule has 1 unspecified atom stereocenters. The van der Waals surface area contributed by atoms with Gasteiger partial charge < -0.3 is 9.15 Å². The van der Waals surface area contributed by atoms with E-state index in [4.69, 9.17) is 20.8 Å². The molecule has 0 saturated heterocycles. The molecule has 24 heavy (non-hydrogen) atoms. The van der Waals surface area contributed by atoms with Crippen LogP contribution >= 0.6 is 11.6 Å². The Hall–Kier alpha value is -2.46. The van der Waals surface area contributed by atoms with Gasteiger partial charge in [-0.3, -0.25) is 9.69 Å². The van der Waals surface area contributed by atoms with Crippen molar-refractivity contribution in [1.82, 2.24) is 0 Å². The van der Waals surface area contributed by atoms with Gasteiger partial charge in [-0.2, -0.15) is 0 Å². The van der Waals surface area contributed by atoms with Gasteiger partial charge in [0.15, 0.2) is 5.76 Å². The van der Waals surface area contributed by atoms with Crippen molar-refractivity contribution in [3.05, 3.63) is 58.8 Å². The largest absolute Gasteiger partial charge is 0.487 e. The lowest BCUT2D eigenvalue weighted by molar-refractivity contribution is 0.0935. The van der Waals surface area contributed by atoms with E-state index in [1.807, 2.05) is 44.2 Å². The van der Waals surface area contributed by atoms with Crippen LogP contribution < -0.4 is 9.64 Å². The topological polar surface area (TPSA) is 42.7 Å². The highest BCUT2D eigenvalue weighted by atomic mass is 35.5. The Morgan fingerprint density at radius 1 is 1.25 bits per heavy atom. The van der Waals surface area contributed by atoms with Gasteiger partial charge >= 0.3 is 0 Å². The first-order valence-electron chi connectivity index (χ1n) is 7.81. The molecule has 1 aromatic heterocycles. The molecule has 4 nitrogen and oxygen atoms in total. The molecule has 1 aliphatic rings. The first-order chi connectivity index (χ1) is 11.5. The monoisotopic (exact) mass is 341 g/mol. The van der Waals surface area contributed by atoms with Crippen molar-refractivity contribution < 1.29 is 13.9 Å². The van der Waals surface area contributed by atoms with Crippen LogP contribution in [0.3, 0.4) is 0 Å². The summed E-state index contributed by atoms with van der Waals surface area (Å²) in [6.07, 6.45) is -0.0806. The smallest absolute Gasteiger partial charge is 0.294 e. The third-order valence-corrected chi connectivity index (χ3v) is 4.50. The number of ether oxygens (including phenoxy) is 1. The Kier molecular flexibility index (Phi) is 3.50. The highest BCUT2D eigenvalue weighted by Crippen LogP contribution is 2.36. The highest BCUT2D eigenvalue weighted by Gasteiger charge is 2.31. The number of benzene rings is 2. The van der Waals surface area contributed by atoms with Gasteiger partial charge in [0, 0.05) is 16.0 Å². The van der Waals surface area contributed by atoms with E-state index in [1.54, 1.807) is 17.0 Å². The average Bonchev–Trinajstić information content (AvgIpc) is 2.90. The third kappa shape index (κ3) is 2.34. The van der Waals surface area contributed by atoms with Crippen molar-refractivity contribution in [2.24, 2.45) is 0 Å². The fourth-order valence-electron chi connectivity index (χ4n) is 3.10. The van der Waals surface area contributed by atoms with E-state index in [9.17, 15) is 4.79 Å². The fourth-order valence-corrected chi connectivity index (χ4v) is 3.27. The predicted octanol–water partition coefficient (Wildman–Crippen LogP) is 4.82. The Balaban J connectivity index is 1.81. The number of carbonyl (C=O) groups excluding carboxylic acids is 1. The number of hydrogen-bond acceptors (Lipinski definition) is 3. The summed E-state index contributed by atoms with van der Waals surface area (Å²) in [7, 11) is 0. The first kappa shape index (κ1) is 15.1. The molecule has 0 N–H and O–H groups in total. The standard InChI is InChI=1S/C19H16ClNO3/c1-11-10-21(15-5-3-4-6-17(15)23-11)19(22)18-12(2)14-9-13(20)7-8-16(14)24-18/h3-9,11H,10H2,1-2H3. The second-order valence-electron chi connectivity index (χ2n) is 6.01. The summed E-state index contributed by atoms with van der Waals surface area (Å²) in [5, 5.41) is 1.48. The van der Waals surface area contributed by atoms with E-state index in [-0.39, 0.29) is 12.0 Å². The minimum absolute atomic E-state index is 0.0806. The van der Waals surface area contributed by atoms with Gasteiger partial charge in [0.25, 0.3) is 5.91 Å². The number of para-hydroxylation sites is 2. The van der Waals surface area contributed by atoms with Gasteiger partial charge in [-0.25, -0.2) is 0 Å². The normalized spacial score (nSPS) is 16.8. The second-order valence-corrected chi connectivity index (χ2v) is 6.45. The van der Waals surface area contributed by atoms with Crippen LogP contribution in [0, 0.1) is 6.92 Å². The van der Waals surface area contributed by atoms with Crippen LogP contribution in [0.5, 0.6) is 5.75 Å². The molecule has 0 bridgehead atoms. The zero-order valence-electron chi connectivity index (χ0n) is 13.4. The Labute approximate surface area is 144 Å². The molecule has 5 heteroatoms. The lowest BCUT2D eigenvalue weighted by Crippen LogP contribution is -2.42. The van der Waals surface area contributed by atoms with Gasteiger partial charge in [0.05, 0.1) is 12.2 Å². The molecular weight excluding hydrogens is 326 g/mol. The van der Waals surface area contributed by atoms with E-state index in [1.165, 1.54) is 0 Å². The lowest BCUT2D eigenvalue weighted by atomic mass is 10.1. The number of furan rings is 1. The SMILES string of the molecule is Cc1c(C(=O)N2CC(C)Oc3ccccc32)oc2ccc(Cl)cc12. The zero-order chi connectivity index (χ0) is 16.8. The van der Waals surface area contributed by atoms with Gasteiger partial charge in [-0.15, -0.1) is 0 Å². The van der Waals surface area contributed by atoms with Crippen molar-refractivity contribution >= 4 is 34.2 Å². The molecule has 0 saturated carbocycles. The second kappa shape index (κ2) is 5.56. The van der Waals surface area contributed by atoms with Crippen molar-refractivity contribution in [2.45, 2.75) is 20.0 Å². The summed E-state index contributed by atoms with van der Waals surface area (Å²) >= 11 is 6.06. The number of amides is 1. The van der Waals surface area contributed by atoms with E-state index in [2.05, 4.69) is 0 Å². The minimum Gasteiger partial charge on any atom is -0.487 e. The van der Waals surface area contributed by atoms with E-state index >= 15 is 0 Å². The van der Waals surface area contributed by atoms with Crippen LogP contribution in [-0.4, -0.2) is 18.6 Å². The van der Waals surface area contributed by atoms with Crippen molar-refractivity contribution in [1.29, 1.82) is 0 Å². The molecule has 0 radical (unpaired) electrons. The number of anilines is 1. The van der Waals surface area contributed by atoms with Crippen LogP contribution in [0.25, 0.3) is 11.0 Å². The molecular formula is C19H16ClNO3. The van der Waals surface area contributed by atoms with Crippen molar-refractivity contribution in [3.8, 4) is 5.75 Å². The third-order valence-electron chi connectivity index (χ3n) is 4.26. The van der Waals surface area contributed by atoms with Crippen LogP contribution in [0.1, 0.15) is 23.0 Å². The summed E-state index contributed by atoms with van der Waals surface area (Å²) in [6.45, 7) is 4.31. The molecule has 0 fully saturated rings. The van der Waals surface area contributed by atoms with Gasteiger partial charge in [0.2, 0.25) is 0 Å².